The Hall–Kier alpha value is -1.49. The van der Waals surface area contributed by atoms with E-state index in [-0.39, 0.29) is 11.5 Å². The van der Waals surface area contributed by atoms with E-state index in [1.54, 1.807) is 30.8 Å². The molecule has 20 heavy (non-hydrogen) atoms. The van der Waals surface area contributed by atoms with Crippen LogP contribution in [0, 0.1) is 6.92 Å². The summed E-state index contributed by atoms with van der Waals surface area (Å²) in [4.78, 5) is 22.6. The number of hydrogen-bond donors (Lipinski definition) is 2. The van der Waals surface area contributed by atoms with E-state index in [1.807, 2.05) is 0 Å². The van der Waals surface area contributed by atoms with E-state index in [1.165, 1.54) is 18.9 Å². The van der Waals surface area contributed by atoms with Crippen LogP contribution in [0.4, 0.5) is 5.69 Å². The van der Waals surface area contributed by atoms with Gasteiger partial charge in [0.05, 0.1) is 5.56 Å². The first-order valence-corrected chi connectivity index (χ1v) is 7.91. The van der Waals surface area contributed by atoms with Crippen LogP contribution in [0.1, 0.15) is 42.1 Å². The predicted octanol–water partition coefficient (Wildman–Crippen LogP) is 3.56. The number of rotatable bonds is 8. The fourth-order valence-corrected chi connectivity index (χ4v) is 2.74. The monoisotopic (exact) mass is 295 g/mol. The molecule has 1 aromatic rings. The Morgan fingerprint density at radius 1 is 1.30 bits per heavy atom. The summed E-state index contributed by atoms with van der Waals surface area (Å²) in [5.41, 5.74) is 1.56. The third-order valence-electron chi connectivity index (χ3n) is 2.86. The molecular formula is C15H21NO3S. The van der Waals surface area contributed by atoms with E-state index in [0.717, 1.165) is 11.5 Å². The summed E-state index contributed by atoms with van der Waals surface area (Å²) >= 11 is 1.79. The second kappa shape index (κ2) is 8.64. The number of unbranched alkanes of at least 4 members (excludes halogenated alkanes) is 1. The molecule has 0 aromatic heterocycles. The summed E-state index contributed by atoms with van der Waals surface area (Å²) in [5, 5.41) is 11.7. The Labute approximate surface area is 124 Å². The molecule has 0 aliphatic heterocycles. The molecule has 0 spiro atoms. The zero-order valence-corrected chi connectivity index (χ0v) is 12.8. The number of thioether (sulfide) groups is 1. The van der Waals surface area contributed by atoms with E-state index in [0.29, 0.717) is 17.7 Å². The number of anilines is 1. The number of hydrogen-bond acceptors (Lipinski definition) is 3. The zero-order chi connectivity index (χ0) is 15.0. The van der Waals surface area contributed by atoms with Crippen LogP contribution in [0.5, 0.6) is 0 Å². The summed E-state index contributed by atoms with van der Waals surface area (Å²) in [5.74, 6) is 0.929. The number of nitrogens with one attached hydrogen (secondary N) is 1. The highest BCUT2D eigenvalue weighted by Crippen LogP contribution is 2.16. The molecule has 0 radical (unpaired) electrons. The largest absolute Gasteiger partial charge is 0.478 e. The van der Waals surface area contributed by atoms with Crippen LogP contribution in [0.2, 0.25) is 0 Å². The van der Waals surface area contributed by atoms with Gasteiger partial charge in [0.1, 0.15) is 0 Å². The van der Waals surface area contributed by atoms with Crippen molar-refractivity contribution in [1.82, 2.24) is 0 Å². The van der Waals surface area contributed by atoms with Gasteiger partial charge in [-0.15, -0.1) is 0 Å². The van der Waals surface area contributed by atoms with Crippen LogP contribution in [-0.4, -0.2) is 28.5 Å². The van der Waals surface area contributed by atoms with Crippen molar-refractivity contribution in [1.29, 1.82) is 0 Å². The smallest absolute Gasteiger partial charge is 0.335 e. The van der Waals surface area contributed by atoms with E-state index >= 15 is 0 Å². The lowest BCUT2D eigenvalue weighted by Gasteiger charge is -2.07. The molecule has 1 rings (SSSR count). The molecule has 4 nitrogen and oxygen atoms in total. The van der Waals surface area contributed by atoms with Crippen molar-refractivity contribution in [2.75, 3.05) is 16.8 Å². The van der Waals surface area contributed by atoms with Gasteiger partial charge < -0.3 is 10.4 Å². The van der Waals surface area contributed by atoms with Gasteiger partial charge in [0.2, 0.25) is 5.91 Å². The summed E-state index contributed by atoms with van der Waals surface area (Å²) in [6, 6.07) is 4.83. The maximum absolute atomic E-state index is 11.7. The first-order valence-electron chi connectivity index (χ1n) is 6.76. The molecule has 1 amide bonds. The maximum atomic E-state index is 11.7. The van der Waals surface area contributed by atoms with Gasteiger partial charge in [-0.3, -0.25) is 4.79 Å². The highest BCUT2D eigenvalue weighted by Gasteiger charge is 2.08. The van der Waals surface area contributed by atoms with Crippen molar-refractivity contribution in [2.24, 2.45) is 0 Å². The molecule has 0 aliphatic carbocycles. The molecule has 110 valence electrons. The fraction of sp³-hybridized carbons (Fsp3) is 0.467. The molecule has 5 heteroatoms. The van der Waals surface area contributed by atoms with Crippen LogP contribution in [0.25, 0.3) is 0 Å². The van der Waals surface area contributed by atoms with E-state index in [9.17, 15) is 9.59 Å². The molecule has 0 saturated carbocycles. The third kappa shape index (κ3) is 5.65. The molecule has 2 N–H and O–H groups in total. The Balaban J connectivity index is 2.42. The molecule has 0 unspecified atom stereocenters. The van der Waals surface area contributed by atoms with Gasteiger partial charge in [0.25, 0.3) is 0 Å². The van der Waals surface area contributed by atoms with Crippen molar-refractivity contribution in [3.63, 3.8) is 0 Å². The number of aromatic carboxylic acids is 1. The number of carbonyl (C=O) groups is 2. The Morgan fingerprint density at radius 2 is 2.05 bits per heavy atom. The quantitative estimate of drug-likeness (QED) is 0.720. The molecule has 0 saturated heterocycles. The van der Waals surface area contributed by atoms with E-state index in [2.05, 4.69) is 12.2 Å². The van der Waals surface area contributed by atoms with Crippen molar-refractivity contribution in [3.05, 3.63) is 29.3 Å². The normalized spacial score (nSPS) is 10.3. The molecule has 1 aromatic carbocycles. The first-order chi connectivity index (χ1) is 9.54. The van der Waals surface area contributed by atoms with Crippen molar-refractivity contribution in [2.45, 2.75) is 33.1 Å². The van der Waals surface area contributed by atoms with Gasteiger partial charge >= 0.3 is 5.97 Å². The first kappa shape index (κ1) is 16.6. The number of benzene rings is 1. The van der Waals surface area contributed by atoms with Crippen molar-refractivity contribution in [3.8, 4) is 0 Å². The maximum Gasteiger partial charge on any atom is 0.335 e. The summed E-state index contributed by atoms with van der Waals surface area (Å²) in [7, 11) is 0. The van der Waals surface area contributed by atoms with Gasteiger partial charge in [-0.05, 0) is 42.9 Å². The SMILES string of the molecule is CCCCSCCC(=O)Nc1ccc(C(=O)O)c(C)c1. The zero-order valence-electron chi connectivity index (χ0n) is 11.9. The summed E-state index contributed by atoms with van der Waals surface area (Å²) < 4.78 is 0. The number of carbonyl (C=O) groups excluding carboxylic acids is 1. The van der Waals surface area contributed by atoms with Gasteiger partial charge in [-0.25, -0.2) is 4.79 Å². The number of amides is 1. The minimum atomic E-state index is -0.951. The molecule has 0 bridgehead atoms. The molecule has 0 fully saturated rings. The number of carboxylic acid groups (broad SMARTS) is 1. The van der Waals surface area contributed by atoms with Crippen LogP contribution in [-0.2, 0) is 4.79 Å². The molecule has 0 aliphatic rings. The summed E-state index contributed by atoms with van der Waals surface area (Å²) in [6.07, 6.45) is 2.84. The van der Waals surface area contributed by atoms with Crippen molar-refractivity contribution < 1.29 is 14.7 Å². The number of aryl methyl sites for hydroxylation is 1. The average molecular weight is 295 g/mol. The highest BCUT2D eigenvalue weighted by atomic mass is 32.2. The summed E-state index contributed by atoms with van der Waals surface area (Å²) in [6.45, 7) is 3.87. The lowest BCUT2D eigenvalue weighted by molar-refractivity contribution is -0.115. The highest BCUT2D eigenvalue weighted by molar-refractivity contribution is 7.99. The fourth-order valence-electron chi connectivity index (χ4n) is 1.72. The average Bonchev–Trinajstić information content (AvgIpc) is 2.38. The van der Waals surface area contributed by atoms with Crippen LogP contribution in [0.3, 0.4) is 0 Å². The number of carboxylic acids is 1. The van der Waals surface area contributed by atoms with Gasteiger partial charge in [0, 0.05) is 17.9 Å². The van der Waals surface area contributed by atoms with E-state index < -0.39 is 5.97 Å². The Bertz CT molecular complexity index is 474. The minimum absolute atomic E-state index is 0.0310. The predicted molar refractivity (Wildman–Crippen MR) is 83.6 cm³/mol. The lowest BCUT2D eigenvalue weighted by atomic mass is 10.1. The minimum Gasteiger partial charge on any atom is -0.478 e. The topological polar surface area (TPSA) is 66.4 Å². The standard InChI is InChI=1S/C15H21NO3S/c1-3-4-8-20-9-7-14(17)16-12-5-6-13(15(18)19)11(2)10-12/h5-6,10H,3-4,7-9H2,1-2H3,(H,16,17)(H,18,19). The van der Waals surface area contributed by atoms with Gasteiger partial charge in [0.15, 0.2) is 0 Å². The second-order valence-corrected chi connectivity index (χ2v) is 5.82. The van der Waals surface area contributed by atoms with Crippen LogP contribution in [0.15, 0.2) is 18.2 Å². The Morgan fingerprint density at radius 3 is 2.65 bits per heavy atom. The van der Waals surface area contributed by atoms with Crippen molar-refractivity contribution >= 4 is 29.3 Å². The second-order valence-electron chi connectivity index (χ2n) is 4.60. The van der Waals surface area contributed by atoms with Crippen LogP contribution < -0.4 is 5.32 Å². The Kier molecular flexibility index (Phi) is 7.15. The lowest BCUT2D eigenvalue weighted by Crippen LogP contribution is -2.13. The molecule has 0 heterocycles. The molecule has 0 atom stereocenters. The molecular weight excluding hydrogens is 274 g/mol. The van der Waals surface area contributed by atoms with E-state index in [4.69, 9.17) is 5.11 Å². The van der Waals surface area contributed by atoms with Gasteiger partial charge in [-0.1, -0.05) is 13.3 Å². The van der Waals surface area contributed by atoms with Gasteiger partial charge in [-0.2, -0.15) is 11.8 Å². The van der Waals surface area contributed by atoms with Crippen LogP contribution >= 0.6 is 11.8 Å². The third-order valence-corrected chi connectivity index (χ3v) is 3.93.